The molecule has 0 bridgehead atoms. The highest BCUT2D eigenvalue weighted by Gasteiger charge is 2.16. The lowest BCUT2D eigenvalue weighted by atomic mass is 10.0. The van der Waals surface area contributed by atoms with Crippen LogP contribution in [0.1, 0.15) is 0 Å². The van der Waals surface area contributed by atoms with Gasteiger partial charge >= 0.3 is 0 Å². The predicted octanol–water partition coefficient (Wildman–Crippen LogP) is 10.9. The molecule has 45 heavy (non-hydrogen) atoms. The first kappa shape index (κ1) is 25.4. The zero-order valence-electron chi connectivity index (χ0n) is 24.4. The summed E-state index contributed by atoms with van der Waals surface area (Å²) < 4.78 is 2.42. The van der Waals surface area contributed by atoms with E-state index in [9.17, 15) is 0 Å². The highest BCUT2D eigenvalue weighted by molar-refractivity contribution is 6.14. The number of hydrogen-bond acceptors (Lipinski definition) is 2. The van der Waals surface area contributed by atoms with Gasteiger partial charge in [0.1, 0.15) is 0 Å². The van der Waals surface area contributed by atoms with E-state index in [4.69, 9.17) is 9.97 Å². The van der Waals surface area contributed by atoms with Crippen molar-refractivity contribution < 1.29 is 0 Å². The van der Waals surface area contributed by atoms with Crippen molar-refractivity contribution in [1.82, 2.24) is 14.5 Å². The molecule has 0 aliphatic heterocycles. The monoisotopic (exact) mass is 573 g/mol. The van der Waals surface area contributed by atoms with Crippen LogP contribution in [0.15, 0.2) is 164 Å². The lowest BCUT2D eigenvalue weighted by Crippen LogP contribution is -1.97. The molecule has 2 aromatic heterocycles. The Morgan fingerprint density at radius 3 is 1.71 bits per heavy atom. The van der Waals surface area contributed by atoms with E-state index in [1.165, 1.54) is 38.0 Å². The first-order chi connectivity index (χ1) is 22.3. The van der Waals surface area contributed by atoms with Crippen molar-refractivity contribution in [1.29, 1.82) is 0 Å². The van der Waals surface area contributed by atoms with Crippen LogP contribution in [0.5, 0.6) is 0 Å². The van der Waals surface area contributed by atoms with E-state index in [1.54, 1.807) is 0 Å². The maximum atomic E-state index is 5.07. The van der Waals surface area contributed by atoms with Crippen LogP contribution in [0, 0.1) is 0 Å². The summed E-state index contributed by atoms with van der Waals surface area (Å²) >= 11 is 0. The SMILES string of the molecule is c1ccc(-c2cc(-c3ccccc3)nc(-c3ccc4c(-n5c6ccccc6c6cc7ccccc7cc65)cccc4c3)n2)cc1. The van der Waals surface area contributed by atoms with Gasteiger partial charge in [-0.2, -0.15) is 0 Å². The molecule has 0 radical (unpaired) electrons. The maximum Gasteiger partial charge on any atom is 0.160 e. The van der Waals surface area contributed by atoms with Crippen molar-refractivity contribution in [2.45, 2.75) is 0 Å². The molecule has 0 saturated heterocycles. The van der Waals surface area contributed by atoms with Gasteiger partial charge in [-0.15, -0.1) is 0 Å². The normalized spacial score (nSPS) is 11.6. The topological polar surface area (TPSA) is 30.7 Å². The van der Waals surface area contributed by atoms with E-state index in [0.29, 0.717) is 5.82 Å². The Kier molecular flexibility index (Phi) is 5.82. The average molecular weight is 574 g/mol. The minimum Gasteiger partial charge on any atom is -0.309 e. The minimum absolute atomic E-state index is 0.714. The fourth-order valence-electron chi connectivity index (χ4n) is 6.61. The van der Waals surface area contributed by atoms with Crippen LogP contribution in [-0.2, 0) is 0 Å². The molecule has 0 amide bonds. The van der Waals surface area contributed by atoms with E-state index in [2.05, 4.69) is 132 Å². The summed E-state index contributed by atoms with van der Waals surface area (Å²) in [4.78, 5) is 10.1. The van der Waals surface area contributed by atoms with Crippen molar-refractivity contribution >= 4 is 43.4 Å². The molecule has 9 aromatic rings. The largest absolute Gasteiger partial charge is 0.309 e. The molecule has 3 nitrogen and oxygen atoms in total. The van der Waals surface area contributed by atoms with Gasteiger partial charge in [0.25, 0.3) is 0 Å². The first-order valence-electron chi connectivity index (χ1n) is 15.3. The van der Waals surface area contributed by atoms with Gasteiger partial charge in [0, 0.05) is 32.8 Å². The molecule has 3 heteroatoms. The third-order valence-electron chi connectivity index (χ3n) is 8.76. The standard InChI is InChI=1S/C42H27N3/c1-3-12-28(13-4-1)37-27-38(29-14-5-2-6-15-29)44-42(43-37)33-22-23-34-32(24-33)18-11-21-39(34)45-40-20-10-9-19-35(40)36-25-30-16-7-8-17-31(30)26-41(36)45/h1-27H. The Morgan fingerprint density at radius 1 is 0.356 bits per heavy atom. The van der Waals surface area contributed by atoms with Crippen molar-refractivity contribution in [3.05, 3.63) is 164 Å². The van der Waals surface area contributed by atoms with Crippen LogP contribution >= 0.6 is 0 Å². The zero-order chi connectivity index (χ0) is 29.7. The van der Waals surface area contributed by atoms with Gasteiger partial charge in [0.2, 0.25) is 0 Å². The lowest BCUT2D eigenvalue weighted by molar-refractivity contribution is 1.18. The minimum atomic E-state index is 0.714. The molecule has 0 N–H and O–H groups in total. The third kappa shape index (κ3) is 4.29. The number of benzene rings is 7. The highest BCUT2D eigenvalue weighted by Crippen LogP contribution is 2.37. The van der Waals surface area contributed by atoms with Gasteiger partial charge in [0.05, 0.1) is 28.1 Å². The van der Waals surface area contributed by atoms with Crippen LogP contribution in [0.25, 0.3) is 82.9 Å². The summed E-state index contributed by atoms with van der Waals surface area (Å²) in [5, 5.41) is 7.33. The van der Waals surface area contributed by atoms with Crippen LogP contribution in [-0.4, -0.2) is 14.5 Å². The predicted molar refractivity (Wildman–Crippen MR) is 188 cm³/mol. The third-order valence-corrected chi connectivity index (χ3v) is 8.76. The number of hydrogen-bond donors (Lipinski definition) is 0. The zero-order valence-corrected chi connectivity index (χ0v) is 24.4. The van der Waals surface area contributed by atoms with Crippen molar-refractivity contribution in [3.8, 4) is 39.6 Å². The second kappa shape index (κ2) is 10.3. The van der Waals surface area contributed by atoms with Gasteiger partial charge in [-0.25, -0.2) is 9.97 Å². The molecule has 9 rings (SSSR count). The van der Waals surface area contributed by atoms with E-state index in [0.717, 1.165) is 39.2 Å². The maximum absolute atomic E-state index is 5.07. The second-order valence-corrected chi connectivity index (χ2v) is 11.5. The summed E-state index contributed by atoms with van der Waals surface area (Å²) in [5.74, 6) is 0.714. The molecule has 0 fully saturated rings. The number of para-hydroxylation sites is 1. The summed E-state index contributed by atoms with van der Waals surface area (Å²) in [5.41, 5.74) is 8.51. The Labute approximate surface area is 260 Å². The lowest BCUT2D eigenvalue weighted by Gasteiger charge is -2.13. The number of rotatable bonds is 4. The van der Waals surface area contributed by atoms with E-state index in [1.807, 2.05) is 36.4 Å². The summed E-state index contributed by atoms with van der Waals surface area (Å²) in [6.07, 6.45) is 0. The molecule has 210 valence electrons. The summed E-state index contributed by atoms with van der Waals surface area (Å²) in [6, 6.07) is 57.9. The smallest absolute Gasteiger partial charge is 0.160 e. The Hall–Kier alpha value is -6.06. The van der Waals surface area contributed by atoms with Gasteiger partial charge in [-0.3, -0.25) is 0 Å². The molecule has 0 saturated carbocycles. The molecular formula is C42H27N3. The van der Waals surface area contributed by atoms with Gasteiger partial charge in [-0.05, 0) is 52.6 Å². The van der Waals surface area contributed by atoms with Crippen molar-refractivity contribution in [3.63, 3.8) is 0 Å². The molecule has 7 aromatic carbocycles. The molecule has 0 atom stereocenters. The average Bonchev–Trinajstić information content (AvgIpc) is 3.43. The van der Waals surface area contributed by atoms with Gasteiger partial charge < -0.3 is 4.57 Å². The van der Waals surface area contributed by atoms with Crippen LogP contribution in [0.3, 0.4) is 0 Å². The Morgan fingerprint density at radius 2 is 0.978 bits per heavy atom. The fourth-order valence-corrected chi connectivity index (χ4v) is 6.61. The fraction of sp³-hybridized carbons (Fsp3) is 0. The van der Waals surface area contributed by atoms with E-state index >= 15 is 0 Å². The van der Waals surface area contributed by atoms with Crippen LogP contribution in [0.4, 0.5) is 0 Å². The molecule has 0 aliphatic carbocycles. The van der Waals surface area contributed by atoms with Crippen LogP contribution in [0.2, 0.25) is 0 Å². The van der Waals surface area contributed by atoms with E-state index < -0.39 is 0 Å². The molecule has 0 unspecified atom stereocenters. The molecule has 0 spiro atoms. The summed E-state index contributed by atoms with van der Waals surface area (Å²) in [6.45, 7) is 0. The quantitative estimate of drug-likeness (QED) is 0.210. The second-order valence-electron chi connectivity index (χ2n) is 11.5. The molecular weight excluding hydrogens is 546 g/mol. The highest BCUT2D eigenvalue weighted by atomic mass is 15.0. The van der Waals surface area contributed by atoms with Crippen molar-refractivity contribution in [2.24, 2.45) is 0 Å². The van der Waals surface area contributed by atoms with Gasteiger partial charge in [-0.1, -0.05) is 127 Å². The molecule has 2 heterocycles. The molecule has 0 aliphatic rings. The Bertz CT molecular complexity index is 2470. The number of nitrogens with zero attached hydrogens (tertiary/aromatic N) is 3. The number of fused-ring (bicyclic) bond motifs is 5. The van der Waals surface area contributed by atoms with E-state index in [-0.39, 0.29) is 0 Å². The first-order valence-corrected chi connectivity index (χ1v) is 15.3. The summed E-state index contributed by atoms with van der Waals surface area (Å²) in [7, 11) is 0. The Balaban J connectivity index is 1.25. The van der Waals surface area contributed by atoms with Crippen LogP contribution < -0.4 is 0 Å². The van der Waals surface area contributed by atoms with Crippen molar-refractivity contribution in [2.75, 3.05) is 0 Å². The van der Waals surface area contributed by atoms with Gasteiger partial charge in [0.15, 0.2) is 5.82 Å². The number of aromatic nitrogens is 3.